The van der Waals surface area contributed by atoms with Crippen molar-refractivity contribution in [2.24, 2.45) is 0 Å². The first-order chi connectivity index (χ1) is 12.0. The monoisotopic (exact) mass is 366 g/mol. The maximum Gasteiger partial charge on any atom is 0.370 e. The van der Waals surface area contributed by atoms with Crippen molar-refractivity contribution in [2.45, 2.75) is 25.6 Å². The van der Waals surface area contributed by atoms with Crippen molar-refractivity contribution in [3.05, 3.63) is 42.5 Å². The number of hydrogen-bond donors (Lipinski definition) is 0. The largest absolute Gasteiger partial charge is 0.481 e. The highest BCUT2D eigenvalue weighted by Crippen LogP contribution is 2.53. The Kier molecular flexibility index (Phi) is 7.00. The second kappa shape index (κ2) is 8.99. The molecular formula is C18H23O6P. The smallest absolute Gasteiger partial charge is 0.370 e. The van der Waals surface area contributed by atoms with Crippen molar-refractivity contribution >= 4 is 24.3 Å². The average Bonchev–Trinajstić information content (AvgIpc) is 2.65. The van der Waals surface area contributed by atoms with Gasteiger partial charge in [-0.1, -0.05) is 49.7 Å². The first kappa shape index (κ1) is 19.4. The molecule has 0 N–H and O–H groups in total. The lowest BCUT2D eigenvalue weighted by Crippen LogP contribution is -2.24. The third-order valence-electron chi connectivity index (χ3n) is 3.76. The molecule has 2 aromatic rings. The predicted octanol–water partition coefficient (Wildman–Crippen LogP) is 4.37. The zero-order valence-corrected chi connectivity index (χ0v) is 15.5. The molecule has 0 radical (unpaired) electrons. The van der Waals surface area contributed by atoms with Crippen LogP contribution in [0.1, 0.15) is 19.8 Å². The summed E-state index contributed by atoms with van der Waals surface area (Å²) in [5.74, 6) is -0.986. The summed E-state index contributed by atoms with van der Waals surface area (Å²) in [6.45, 7) is 1.60. The van der Waals surface area contributed by atoms with E-state index in [9.17, 15) is 9.36 Å². The molecule has 0 aliphatic carbocycles. The van der Waals surface area contributed by atoms with Gasteiger partial charge in [-0.3, -0.25) is 4.57 Å². The van der Waals surface area contributed by atoms with Gasteiger partial charge in [0.05, 0.1) is 0 Å². The summed E-state index contributed by atoms with van der Waals surface area (Å²) in [7, 11) is -0.953. The molecule has 0 aliphatic heterocycles. The topological polar surface area (TPSA) is 71.1 Å². The molecular weight excluding hydrogens is 343 g/mol. The van der Waals surface area contributed by atoms with Gasteiger partial charge in [0.1, 0.15) is 5.75 Å². The number of esters is 1. The van der Waals surface area contributed by atoms with Crippen LogP contribution in [0.4, 0.5) is 0 Å². The van der Waals surface area contributed by atoms with Crippen LogP contribution in [-0.2, 0) is 23.1 Å². The Morgan fingerprint density at radius 2 is 1.76 bits per heavy atom. The lowest BCUT2D eigenvalue weighted by molar-refractivity contribution is -0.148. The molecule has 136 valence electrons. The molecule has 0 aromatic heterocycles. The van der Waals surface area contributed by atoms with Crippen molar-refractivity contribution in [2.75, 3.05) is 20.8 Å². The van der Waals surface area contributed by atoms with Gasteiger partial charge in [0.15, 0.2) is 6.61 Å². The van der Waals surface area contributed by atoms with E-state index in [4.69, 9.17) is 18.5 Å². The van der Waals surface area contributed by atoms with Gasteiger partial charge in [-0.15, -0.1) is 0 Å². The third-order valence-corrected chi connectivity index (χ3v) is 5.85. The zero-order valence-electron chi connectivity index (χ0n) is 14.6. The minimum atomic E-state index is -3.50. The molecule has 25 heavy (non-hydrogen) atoms. The molecule has 0 aliphatic rings. The van der Waals surface area contributed by atoms with Gasteiger partial charge in [0, 0.05) is 19.6 Å². The Hall–Kier alpha value is -1.88. The SMILES string of the molecule is CCCC(OC(=O)COc1cccc2ccccc12)P(=O)(OC)OC. The van der Waals surface area contributed by atoms with Crippen molar-refractivity contribution in [3.63, 3.8) is 0 Å². The molecule has 0 saturated carbocycles. The fraction of sp³-hybridized carbons (Fsp3) is 0.389. The van der Waals surface area contributed by atoms with Crippen LogP contribution in [-0.4, -0.2) is 32.6 Å². The van der Waals surface area contributed by atoms with Crippen LogP contribution in [0.5, 0.6) is 5.75 Å². The number of hydrogen-bond acceptors (Lipinski definition) is 6. The van der Waals surface area contributed by atoms with Gasteiger partial charge < -0.3 is 18.5 Å². The summed E-state index contributed by atoms with van der Waals surface area (Å²) in [5.41, 5.74) is 0. The Bertz CT molecular complexity index is 747. The maximum absolute atomic E-state index is 12.5. The minimum absolute atomic E-state index is 0.290. The van der Waals surface area contributed by atoms with Crippen molar-refractivity contribution < 1.29 is 27.9 Å². The molecule has 0 amide bonds. The number of carbonyl (C=O) groups excluding carboxylic acids is 1. The number of ether oxygens (including phenoxy) is 2. The zero-order chi connectivity index (χ0) is 18.3. The van der Waals surface area contributed by atoms with E-state index in [1.54, 1.807) is 6.07 Å². The number of carbonyl (C=O) groups is 1. The molecule has 1 atom stereocenters. The quantitative estimate of drug-likeness (QED) is 0.485. The van der Waals surface area contributed by atoms with E-state index in [2.05, 4.69) is 0 Å². The lowest BCUT2D eigenvalue weighted by atomic mass is 10.1. The Balaban J connectivity index is 2.04. The summed E-state index contributed by atoms with van der Waals surface area (Å²) >= 11 is 0. The van der Waals surface area contributed by atoms with Crippen LogP contribution in [0.15, 0.2) is 42.5 Å². The summed E-state index contributed by atoms with van der Waals surface area (Å²) < 4.78 is 33.2. The molecule has 2 rings (SSSR count). The fourth-order valence-electron chi connectivity index (χ4n) is 2.48. The van der Waals surface area contributed by atoms with E-state index in [1.165, 1.54) is 14.2 Å². The summed E-state index contributed by atoms with van der Waals surface area (Å²) in [5, 5.41) is 1.92. The van der Waals surface area contributed by atoms with E-state index >= 15 is 0 Å². The summed E-state index contributed by atoms with van der Waals surface area (Å²) in [6, 6.07) is 13.3. The van der Waals surface area contributed by atoms with Gasteiger partial charge in [-0.2, -0.15) is 0 Å². The van der Waals surface area contributed by atoms with Gasteiger partial charge in [-0.05, 0) is 17.9 Å². The molecule has 6 nitrogen and oxygen atoms in total. The highest BCUT2D eigenvalue weighted by atomic mass is 31.2. The van der Waals surface area contributed by atoms with Gasteiger partial charge in [0.2, 0.25) is 5.85 Å². The number of rotatable bonds is 9. The van der Waals surface area contributed by atoms with Crippen molar-refractivity contribution in [1.82, 2.24) is 0 Å². The van der Waals surface area contributed by atoms with Gasteiger partial charge in [0.25, 0.3) is 0 Å². The normalized spacial score (nSPS) is 12.8. The number of fused-ring (bicyclic) bond motifs is 1. The van der Waals surface area contributed by atoms with Crippen LogP contribution >= 0.6 is 7.60 Å². The van der Waals surface area contributed by atoms with Crippen LogP contribution < -0.4 is 4.74 Å². The molecule has 0 saturated heterocycles. The van der Waals surface area contributed by atoms with Crippen molar-refractivity contribution in [3.8, 4) is 5.75 Å². The first-order valence-electron chi connectivity index (χ1n) is 8.05. The van der Waals surface area contributed by atoms with E-state index in [0.29, 0.717) is 18.6 Å². The first-order valence-corrected chi connectivity index (χ1v) is 9.66. The minimum Gasteiger partial charge on any atom is -0.481 e. The molecule has 2 aromatic carbocycles. The van der Waals surface area contributed by atoms with Crippen molar-refractivity contribution in [1.29, 1.82) is 0 Å². The Morgan fingerprint density at radius 1 is 1.08 bits per heavy atom. The molecule has 0 spiro atoms. The highest BCUT2D eigenvalue weighted by Gasteiger charge is 2.36. The lowest BCUT2D eigenvalue weighted by Gasteiger charge is -2.23. The van der Waals surface area contributed by atoms with E-state index in [0.717, 1.165) is 10.8 Å². The molecule has 1 unspecified atom stereocenters. The average molecular weight is 366 g/mol. The summed E-state index contributed by atoms with van der Waals surface area (Å²) in [4.78, 5) is 12.1. The van der Waals surface area contributed by atoms with Crippen LogP contribution in [0.2, 0.25) is 0 Å². The predicted molar refractivity (Wildman–Crippen MR) is 95.9 cm³/mol. The maximum atomic E-state index is 12.5. The fourth-order valence-corrected chi connectivity index (χ4v) is 3.92. The highest BCUT2D eigenvalue weighted by molar-refractivity contribution is 7.54. The Labute approximate surface area is 147 Å². The second-order valence-electron chi connectivity index (χ2n) is 5.40. The standard InChI is InChI=1S/C18H23O6P/c1-4-8-18(25(20,21-2)22-3)24-17(19)13-23-16-12-7-10-14-9-5-6-11-15(14)16/h5-7,9-12,18H,4,8,13H2,1-3H3. The molecule has 0 fully saturated rings. The summed E-state index contributed by atoms with van der Waals surface area (Å²) in [6.07, 6.45) is 1.04. The van der Waals surface area contributed by atoms with Gasteiger partial charge >= 0.3 is 13.6 Å². The van der Waals surface area contributed by atoms with E-state index in [-0.39, 0.29) is 6.61 Å². The third kappa shape index (κ3) is 4.82. The molecule has 0 bridgehead atoms. The van der Waals surface area contributed by atoms with Crippen LogP contribution in [0.3, 0.4) is 0 Å². The Morgan fingerprint density at radius 3 is 2.44 bits per heavy atom. The van der Waals surface area contributed by atoms with E-state index in [1.807, 2.05) is 43.3 Å². The molecule has 0 heterocycles. The van der Waals surface area contributed by atoms with E-state index < -0.39 is 19.4 Å². The van der Waals surface area contributed by atoms with Crippen LogP contribution in [0.25, 0.3) is 10.8 Å². The van der Waals surface area contributed by atoms with Crippen LogP contribution in [0, 0.1) is 0 Å². The van der Waals surface area contributed by atoms with Gasteiger partial charge in [-0.25, -0.2) is 4.79 Å². The number of benzene rings is 2. The second-order valence-corrected chi connectivity index (χ2v) is 7.79. The molecule has 7 heteroatoms.